The Kier molecular flexibility index (Phi) is 7.81. The third-order valence-corrected chi connectivity index (χ3v) is 4.15. The molecule has 7 heteroatoms. The van der Waals surface area contributed by atoms with Crippen LogP contribution in [0.4, 0.5) is 4.39 Å². The summed E-state index contributed by atoms with van der Waals surface area (Å²) in [4.78, 5) is 22.3. The van der Waals surface area contributed by atoms with Crippen LogP contribution >= 0.6 is 0 Å². The Morgan fingerprint density at radius 3 is 2.38 bits per heavy atom. The summed E-state index contributed by atoms with van der Waals surface area (Å²) in [7, 11) is 0. The second kappa shape index (κ2) is 9.34. The van der Waals surface area contributed by atoms with E-state index in [0.717, 1.165) is 5.56 Å². The normalized spacial score (nSPS) is 16.2. The van der Waals surface area contributed by atoms with Crippen LogP contribution in [0.3, 0.4) is 0 Å². The zero-order chi connectivity index (χ0) is 18.3. The van der Waals surface area contributed by atoms with Gasteiger partial charge in [-0.1, -0.05) is 19.1 Å². The van der Waals surface area contributed by atoms with Crippen LogP contribution in [-0.2, 0) is 16.0 Å². The third kappa shape index (κ3) is 6.64. The van der Waals surface area contributed by atoms with E-state index in [1.54, 1.807) is 19.1 Å². The number of rotatable bonds is 10. The van der Waals surface area contributed by atoms with Gasteiger partial charge in [0.2, 0.25) is 11.8 Å². The lowest BCUT2D eigenvalue weighted by Gasteiger charge is -2.23. The first kappa shape index (κ1) is 20.1. The van der Waals surface area contributed by atoms with Crippen molar-refractivity contribution in [1.29, 1.82) is 0 Å². The van der Waals surface area contributed by atoms with Gasteiger partial charge in [0.05, 0.1) is 6.10 Å². The van der Waals surface area contributed by atoms with Gasteiger partial charge in [0.15, 0.2) is 0 Å². The topological polar surface area (TPSA) is 127 Å². The Labute approximate surface area is 140 Å². The molecule has 24 heavy (non-hydrogen) atoms. The van der Waals surface area contributed by atoms with Gasteiger partial charge < -0.3 is 21.7 Å². The van der Waals surface area contributed by atoms with Crippen molar-refractivity contribution in [2.24, 2.45) is 23.3 Å². The van der Waals surface area contributed by atoms with Crippen molar-refractivity contribution in [3.63, 3.8) is 0 Å². The van der Waals surface area contributed by atoms with Gasteiger partial charge in [-0.3, -0.25) is 9.59 Å². The number of nitrogens with two attached hydrogens (primary N) is 2. The maximum Gasteiger partial charge on any atom is 0.246 e. The van der Waals surface area contributed by atoms with Crippen LogP contribution in [0, 0.1) is 17.7 Å². The van der Waals surface area contributed by atoms with Crippen LogP contribution < -0.4 is 11.5 Å². The van der Waals surface area contributed by atoms with E-state index in [1.165, 1.54) is 12.1 Å². The number of aliphatic hydroxyl groups excluding tert-OH is 2. The Morgan fingerprint density at radius 2 is 1.83 bits per heavy atom. The Morgan fingerprint density at radius 1 is 1.17 bits per heavy atom. The molecule has 0 radical (unpaired) electrons. The molecule has 1 aromatic carbocycles. The van der Waals surface area contributed by atoms with E-state index in [9.17, 15) is 24.2 Å². The van der Waals surface area contributed by atoms with Gasteiger partial charge in [0.1, 0.15) is 11.9 Å². The van der Waals surface area contributed by atoms with Gasteiger partial charge in [0, 0.05) is 5.92 Å². The molecule has 0 saturated carbocycles. The predicted molar refractivity (Wildman–Crippen MR) is 87.0 cm³/mol. The Bertz CT molecular complexity index is 567. The zero-order valence-corrected chi connectivity index (χ0v) is 13.7. The smallest absolute Gasteiger partial charge is 0.246 e. The van der Waals surface area contributed by atoms with Crippen molar-refractivity contribution in [2.75, 3.05) is 0 Å². The molecule has 0 heterocycles. The van der Waals surface area contributed by atoms with Crippen molar-refractivity contribution >= 4 is 11.8 Å². The zero-order valence-electron chi connectivity index (χ0n) is 13.7. The lowest BCUT2D eigenvalue weighted by atomic mass is 9.87. The second-order valence-corrected chi connectivity index (χ2v) is 6.21. The fraction of sp³-hybridized carbons (Fsp3) is 0.529. The number of carbonyl (C=O) groups is 2. The molecule has 0 fully saturated rings. The molecule has 0 aliphatic carbocycles. The first-order valence-electron chi connectivity index (χ1n) is 7.90. The highest BCUT2D eigenvalue weighted by molar-refractivity contribution is 5.79. The lowest BCUT2D eigenvalue weighted by molar-refractivity contribution is -0.128. The molecule has 1 rings (SSSR count). The summed E-state index contributed by atoms with van der Waals surface area (Å²) in [6, 6.07) is 6.11. The minimum absolute atomic E-state index is 0.00787. The minimum Gasteiger partial charge on any atom is -0.393 e. The first-order chi connectivity index (χ1) is 11.2. The van der Waals surface area contributed by atoms with E-state index in [1.807, 2.05) is 0 Å². The molecule has 4 unspecified atom stereocenters. The predicted octanol–water partition coefficient (Wildman–Crippen LogP) is 0.483. The molecule has 0 spiro atoms. The summed E-state index contributed by atoms with van der Waals surface area (Å²) in [6.07, 6.45) is -1.44. The number of carbonyl (C=O) groups excluding carboxylic acids is 2. The van der Waals surface area contributed by atoms with Crippen molar-refractivity contribution in [3.8, 4) is 0 Å². The van der Waals surface area contributed by atoms with E-state index < -0.39 is 29.9 Å². The fourth-order valence-electron chi connectivity index (χ4n) is 2.57. The highest BCUT2D eigenvalue weighted by Gasteiger charge is 2.25. The number of halogens is 1. The molecule has 4 atom stereocenters. The molecule has 0 aromatic heterocycles. The van der Waals surface area contributed by atoms with Crippen molar-refractivity contribution in [1.82, 2.24) is 0 Å². The molecule has 6 N–H and O–H groups in total. The number of hydrogen-bond donors (Lipinski definition) is 4. The highest BCUT2D eigenvalue weighted by Crippen LogP contribution is 2.21. The van der Waals surface area contributed by atoms with E-state index in [4.69, 9.17) is 11.5 Å². The minimum atomic E-state index is -1.34. The van der Waals surface area contributed by atoms with E-state index >= 15 is 0 Å². The van der Waals surface area contributed by atoms with Crippen LogP contribution in [0.5, 0.6) is 0 Å². The Hall–Kier alpha value is -1.99. The second-order valence-electron chi connectivity index (χ2n) is 6.21. The molecule has 0 bridgehead atoms. The van der Waals surface area contributed by atoms with Crippen LogP contribution in [0.25, 0.3) is 0 Å². The molecular formula is C17H25FN2O4. The molecule has 0 aliphatic heterocycles. The fourth-order valence-corrected chi connectivity index (χ4v) is 2.57. The van der Waals surface area contributed by atoms with Crippen molar-refractivity contribution in [2.45, 2.75) is 44.8 Å². The molecule has 6 nitrogen and oxygen atoms in total. The van der Waals surface area contributed by atoms with Crippen molar-refractivity contribution in [3.05, 3.63) is 35.6 Å². The number of primary amides is 2. The number of benzene rings is 1. The van der Waals surface area contributed by atoms with Gasteiger partial charge in [-0.2, -0.15) is 0 Å². The van der Waals surface area contributed by atoms with E-state index in [0.29, 0.717) is 6.42 Å². The first-order valence-corrected chi connectivity index (χ1v) is 7.90. The lowest BCUT2D eigenvalue weighted by Crippen LogP contribution is -2.33. The van der Waals surface area contributed by atoms with Crippen LogP contribution in [0.15, 0.2) is 24.3 Å². The van der Waals surface area contributed by atoms with Crippen molar-refractivity contribution < 1.29 is 24.2 Å². The third-order valence-electron chi connectivity index (χ3n) is 4.15. The molecule has 0 saturated heterocycles. The molecule has 1 aromatic rings. The van der Waals surface area contributed by atoms with Gasteiger partial charge in [-0.25, -0.2) is 4.39 Å². The van der Waals surface area contributed by atoms with Gasteiger partial charge in [0.25, 0.3) is 0 Å². The average molecular weight is 340 g/mol. The summed E-state index contributed by atoms with van der Waals surface area (Å²) in [5.41, 5.74) is 11.0. The van der Waals surface area contributed by atoms with E-state index in [-0.39, 0.29) is 31.0 Å². The molecule has 134 valence electrons. The average Bonchev–Trinajstić information content (AvgIpc) is 2.50. The maximum absolute atomic E-state index is 13.2. The van der Waals surface area contributed by atoms with E-state index in [2.05, 4.69) is 0 Å². The monoisotopic (exact) mass is 340 g/mol. The molecule has 2 amide bonds. The SMILES string of the molecule is CC(Cc1cccc(F)c1)C(O)CC(CCC(O)C(N)=O)C(N)=O. The standard InChI is InChI=1S/C17H25FN2O4/c1-10(7-11-3-2-4-13(18)8-11)15(22)9-12(16(19)23)5-6-14(21)17(20)24/h2-4,8,10,12,14-15,21-22H,5-7,9H2,1H3,(H2,19,23)(H2,20,24). The van der Waals surface area contributed by atoms with Gasteiger partial charge in [-0.15, -0.1) is 0 Å². The number of amides is 2. The van der Waals surface area contributed by atoms with Gasteiger partial charge >= 0.3 is 0 Å². The summed E-state index contributed by atoms with van der Waals surface area (Å²) in [5, 5.41) is 19.7. The molecule has 0 aliphatic rings. The summed E-state index contributed by atoms with van der Waals surface area (Å²) in [5.74, 6) is -2.70. The summed E-state index contributed by atoms with van der Waals surface area (Å²) < 4.78 is 13.2. The Balaban J connectivity index is 2.58. The molecular weight excluding hydrogens is 315 g/mol. The largest absolute Gasteiger partial charge is 0.393 e. The van der Waals surface area contributed by atoms with Crippen LogP contribution in [0.2, 0.25) is 0 Å². The summed E-state index contributed by atoms with van der Waals surface area (Å²) >= 11 is 0. The maximum atomic E-state index is 13.2. The van der Waals surface area contributed by atoms with Crippen LogP contribution in [0.1, 0.15) is 31.7 Å². The number of aliphatic hydroxyl groups is 2. The van der Waals surface area contributed by atoms with Gasteiger partial charge in [-0.05, 0) is 49.3 Å². The summed E-state index contributed by atoms with van der Waals surface area (Å²) in [6.45, 7) is 1.80. The quantitative estimate of drug-likeness (QED) is 0.494. The highest BCUT2D eigenvalue weighted by atomic mass is 19.1. The number of hydrogen-bond acceptors (Lipinski definition) is 4. The van der Waals surface area contributed by atoms with Crippen LogP contribution in [-0.4, -0.2) is 34.2 Å².